The molecule has 5 nitrogen and oxygen atoms in total. The summed E-state index contributed by atoms with van der Waals surface area (Å²) in [5.74, 6) is -0.450. The van der Waals surface area contributed by atoms with Gasteiger partial charge in [0, 0.05) is 10.7 Å². The van der Waals surface area contributed by atoms with Crippen LogP contribution in [0.4, 0.5) is 0 Å². The summed E-state index contributed by atoms with van der Waals surface area (Å²) in [7, 11) is 0. The third kappa shape index (κ3) is 1.44. The molecule has 0 bridgehead atoms. The smallest absolute Gasteiger partial charge is 0.353 e. The van der Waals surface area contributed by atoms with Crippen LogP contribution in [0.5, 0.6) is 0 Å². The Morgan fingerprint density at radius 2 is 2.29 bits per heavy atom. The number of carboxylic acids is 1. The monoisotopic (exact) mass is 293 g/mol. The molecule has 1 aromatic carbocycles. The fraction of sp³-hybridized carbons (Fsp3) is 0.0909. The molecule has 0 aliphatic heterocycles. The number of halogens is 1. The minimum Gasteiger partial charge on any atom is -0.477 e. The van der Waals surface area contributed by atoms with Crippen molar-refractivity contribution in [1.82, 2.24) is 14.4 Å². The van der Waals surface area contributed by atoms with Gasteiger partial charge in [-0.15, -0.1) is 0 Å². The van der Waals surface area contributed by atoms with Gasteiger partial charge < -0.3 is 10.1 Å². The summed E-state index contributed by atoms with van der Waals surface area (Å²) in [5, 5.41) is 8.90. The highest BCUT2D eigenvalue weighted by Gasteiger charge is 2.13. The van der Waals surface area contributed by atoms with E-state index in [1.165, 1.54) is 0 Å². The van der Waals surface area contributed by atoms with Crippen LogP contribution in [0, 0.1) is 6.92 Å². The fourth-order valence-electron chi connectivity index (χ4n) is 1.93. The number of carbonyl (C=O) groups is 1. The number of nitrogens with zero attached hydrogens (tertiary/aromatic N) is 2. The van der Waals surface area contributed by atoms with Gasteiger partial charge in [-0.2, -0.15) is 0 Å². The van der Waals surface area contributed by atoms with E-state index in [4.69, 9.17) is 5.11 Å². The number of benzene rings is 1. The van der Waals surface area contributed by atoms with Gasteiger partial charge in [0.15, 0.2) is 0 Å². The molecule has 0 atom stereocenters. The van der Waals surface area contributed by atoms with Crippen molar-refractivity contribution in [3.8, 4) is 0 Å². The number of aromatic amines is 1. The molecule has 17 heavy (non-hydrogen) atoms. The van der Waals surface area contributed by atoms with E-state index in [-0.39, 0.29) is 5.69 Å². The number of carboxylic acid groups (broad SMARTS) is 1. The van der Waals surface area contributed by atoms with Gasteiger partial charge in [0.05, 0.1) is 11.0 Å². The summed E-state index contributed by atoms with van der Waals surface area (Å²) < 4.78 is 2.69. The minimum atomic E-state index is -0.990. The van der Waals surface area contributed by atoms with Crippen LogP contribution in [0.3, 0.4) is 0 Å². The Morgan fingerprint density at radius 1 is 1.53 bits per heavy atom. The number of H-pyrrole nitrogens is 1. The van der Waals surface area contributed by atoms with Crippen LogP contribution >= 0.6 is 15.9 Å². The van der Waals surface area contributed by atoms with Gasteiger partial charge in [0.2, 0.25) is 5.78 Å². The molecule has 2 N–H and O–H groups in total. The summed E-state index contributed by atoms with van der Waals surface area (Å²) in [6, 6.07) is 3.90. The molecule has 0 radical (unpaired) electrons. The Hall–Kier alpha value is -1.82. The van der Waals surface area contributed by atoms with Crippen molar-refractivity contribution in [2.75, 3.05) is 0 Å². The molecule has 6 heteroatoms. The van der Waals surface area contributed by atoms with E-state index >= 15 is 0 Å². The topological polar surface area (TPSA) is 70.4 Å². The molecule has 0 saturated carbocycles. The van der Waals surface area contributed by atoms with Crippen molar-refractivity contribution in [2.45, 2.75) is 6.92 Å². The maximum atomic E-state index is 10.9. The molecule has 0 aliphatic carbocycles. The summed E-state index contributed by atoms with van der Waals surface area (Å²) >= 11 is 3.42. The van der Waals surface area contributed by atoms with Crippen molar-refractivity contribution >= 4 is 38.7 Å². The average Bonchev–Trinajstić information content (AvgIpc) is 2.76. The Morgan fingerprint density at radius 3 is 3.00 bits per heavy atom. The Labute approximate surface area is 104 Å². The van der Waals surface area contributed by atoms with E-state index in [1.54, 1.807) is 10.6 Å². The summed E-state index contributed by atoms with van der Waals surface area (Å²) in [6.07, 6.45) is 1.54. The van der Waals surface area contributed by atoms with Gasteiger partial charge >= 0.3 is 5.97 Å². The number of aromatic carboxylic acids is 1. The second-order valence-electron chi connectivity index (χ2n) is 3.87. The summed E-state index contributed by atoms with van der Waals surface area (Å²) in [4.78, 5) is 18.0. The maximum Gasteiger partial charge on any atom is 0.353 e. The maximum absolute atomic E-state index is 10.9. The number of fused-ring (bicyclic) bond motifs is 3. The highest BCUT2D eigenvalue weighted by atomic mass is 79.9. The Kier molecular flexibility index (Phi) is 2.03. The van der Waals surface area contributed by atoms with Crippen LogP contribution < -0.4 is 0 Å². The molecule has 2 aromatic heterocycles. The number of aryl methyl sites for hydroxylation is 1. The molecule has 3 aromatic rings. The quantitative estimate of drug-likeness (QED) is 0.724. The van der Waals surface area contributed by atoms with E-state index < -0.39 is 5.97 Å². The highest BCUT2D eigenvalue weighted by Crippen LogP contribution is 2.24. The number of hydrogen-bond acceptors (Lipinski definition) is 2. The molecule has 0 unspecified atom stereocenters. The first-order valence-corrected chi connectivity index (χ1v) is 5.76. The molecule has 0 saturated heterocycles. The third-order valence-corrected chi connectivity index (χ3v) is 3.14. The Balaban J connectivity index is 2.44. The molecule has 3 rings (SSSR count). The first-order valence-electron chi connectivity index (χ1n) is 4.96. The molecule has 86 valence electrons. The van der Waals surface area contributed by atoms with Crippen molar-refractivity contribution in [3.05, 3.63) is 34.1 Å². The van der Waals surface area contributed by atoms with Crippen LogP contribution in [0.1, 0.15) is 16.1 Å². The van der Waals surface area contributed by atoms with Crippen LogP contribution in [0.25, 0.3) is 16.8 Å². The summed E-state index contributed by atoms with van der Waals surface area (Å²) in [5.41, 5.74) is 2.93. The molecule has 0 amide bonds. The van der Waals surface area contributed by atoms with Crippen LogP contribution in [-0.2, 0) is 0 Å². The largest absolute Gasteiger partial charge is 0.477 e. The van der Waals surface area contributed by atoms with Gasteiger partial charge in [-0.05, 0) is 24.6 Å². The molecular formula is C11H8BrN3O2. The lowest BCUT2D eigenvalue weighted by molar-refractivity contribution is 0.0691. The molecule has 2 heterocycles. The first kappa shape index (κ1) is 10.3. The minimum absolute atomic E-state index is 0.132. The number of nitrogens with one attached hydrogen (secondary N) is 1. The zero-order valence-corrected chi connectivity index (χ0v) is 10.4. The number of rotatable bonds is 1. The molecule has 0 spiro atoms. The van der Waals surface area contributed by atoms with Crippen LogP contribution in [0.15, 0.2) is 22.8 Å². The van der Waals surface area contributed by atoms with Crippen molar-refractivity contribution in [2.24, 2.45) is 0 Å². The normalized spacial score (nSPS) is 11.4. The molecule has 0 aliphatic rings. The SMILES string of the molecule is Cc1cc(Br)cc2c1nc1[nH]c(C(=O)O)cn12. The fourth-order valence-corrected chi connectivity index (χ4v) is 2.49. The van der Waals surface area contributed by atoms with E-state index in [1.807, 2.05) is 19.1 Å². The predicted octanol–water partition coefficient (Wildman–Crippen LogP) is 2.58. The van der Waals surface area contributed by atoms with Gasteiger partial charge in [-0.1, -0.05) is 15.9 Å². The lowest BCUT2D eigenvalue weighted by Crippen LogP contribution is -1.95. The van der Waals surface area contributed by atoms with Gasteiger partial charge in [0.1, 0.15) is 5.69 Å². The van der Waals surface area contributed by atoms with Crippen molar-refractivity contribution < 1.29 is 9.90 Å². The second-order valence-corrected chi connectivity index (χ2v) is 4.78. The van der Waals surface area contributed by atoms with Gasteiger partial charge in [0.25, 0.3) is 0 Å². The standard InChI is InChI=1S/C11H8BrN3O2/c1-5-2-6(12)3-8-9(5)14-11-13-7(10(16)17)4-15(8)11/h2-4H,1H3,(H,13,14)(H,16,17). The van der Waals surface area contributed by atoms with Gasteiger partial charge in [-0.3, -0.25) is 4.40 Å². The van der Waals surface area contributed by atoms with E-state index in [2.05, 4.69) is 25.9 Å². The van der Waals surface area contributed by atoms with Crippen LogP contribution in [-0.4, -0.2) is 25.4 Å². The number of hydrogen-bond donors (Lipinski definition) is 2. The lowest BCUT2D eigenvalue weighted by Gasteiger charge is -1.96. The highest BCUT2D eigenvalue weighted by molar-refractivity contribution is 9.10. The molecular weight excluding hydrogens is 286 g/mol. The zero-order chi connectivity index (χ0) is 12.2. The zero-order valence-electron chi connectivity index (χ0n) is 8.86. The molecule has 0 fully saturated rings. The average molecular weight is 294 g/mol. The third-order valence-electron chi connectivity index (χ3n) is 2.69. The van der Waals surface area contributed by atoms with E-state index in [9.17, 15) is 4.79 Å². The number of imidazole rings is 2. The van der Waals surface area contributed by atoms with Crippen molar-refractivity contribution in [3.63, 3.8) is 0 Å². The predicted molar refractivity (Wildman–Crippen MR) is 66.4 cm³/mol. The van der Waals surface area contributed by atoms with E-state index in [0.717, 1.165) is 21.1 Å². The van der Waals surface area contributed by atoms with Crippen molar-refractivity contribution in [1.29, 1.82) is 0 Å². The first-order chi connectivity index (χ1) is 8.06. The van der Waals surface area contributed by atoms with Crippen LogP contribution in [0.2, 0.25) is 0 Å². The second kappa shape index (κ2) is 3.33. The van der Waals surface area contributed by atoms with E-state index in [0.29, 0.717) is 5.78 Å². The Bertz CT molecular complexity index is 757. The lowest BCUT2D eigenvalue weighted by atomic mass is 10.2. The summed E-state index contributed by atoms with van der Waals surface area (Å²) in [6.45, 7) is 1.97. The number of aromatic nitrogens is 3. The van der Waals surface area contributed by atoms with Gasteiger partial charge in [-0.25, -0.2) is 9.78 Å².